The summed E-state index contributed by atoms with van der Waals surface area (Å²) >= 11 is 0. The maximum atomic E-state index is 9.12. The molecule has 2 saturated heterocycles. The van der Waals surface area contributed by atoms with Crippen molar-refractivity contribution in [3.05, 3.63) is 0 Å². The second-order valence-corrected chi connectivity index (χ2v) is 4.10. The fourth-order valence-electron chi connectivity index (χ4n) is 2.25. The number of fused-ring (bicyclic) bond motifs is 1. The predicted octanol–water partition coefficient (Wildman–Crippen LogP) is 0.936. The molecule has 10 heavy (non-hydrogen) atoms. The zero-order valence-electron chi connectivity index (χ0n) is 6.55. The molecule has 0 aromatic rings. The molecule has 0 unspecified atom stereocenters. The lowest BCUT2D eigenvalue weighted by molar-refractivity contribution is -0.00830. The average Bonchev–Trinajstić information content (AvgIpc) is 2.11. The standard InChI is InChI=1S/C8H14O2/c1-7(2)8(5-9)3-6(4-8)10-7/h6,9H,3-5H2,1-2H3. The molecular formula is C8H14O2. The van der Waals surface area contributed by atoms with E-state index in [0.29, 0.717) is 6.10 Å². The average molecular weight is 142 g/mol. The van der Waals surface area contributed by atoms with E-state index in [1.165, 1.54) is 0 Å². The summed E-state index contributed by atoms with van der Waals surface area (Å²) in [6, 6.07) is 0. The molecule has 3 aliphatic rings. The van der Waals surface area contributed by atoms with Gasteiger partial charge in [-0.1, -0.05) is 0 Å². The molecule has 2 nitrogen and oxygen atoms in total. The second kappa shape index (κ2) is 1.56. The van der Waals surface area contributed by atoms with Crippen molar-refractivity contribution in [1.29, 1.82) is 0 Å². The highest BCUT2D eigenvalue weighted by molar-refractivity contribution is 5.11. The van der Waals surface area contributed by atoms with Gasteiger partial charge in [-0.2, -0.15) is 0 Å². The van der Waals surface area contributed by atoms with Gasteiger partial charge in [-0.3, -0.25) is 0 Å². The van der Waals surface area contributed by atoms with Crippen LogP contribution >= 0.6 is 0 Å². The van der Waals surface area contributed by atoms with Crippen molar-refractivity contribution in [2.45, 2.75) is 38.4 Å². The van der Waals surface area contributed by atoms with Gasteiger partial charge in [0.15, 0.2) is 0 Å². The molecule has 0 spiro atoms. The quantitative estimate of drug-likeness (QED) is 0.590. The molecule has 2 aliphatic heterocycles. The maximum absolute atomic E-state index is 9.12. The summed E-state index contributed by atoms with van der Waals surface area (Å²) < 4.78 is 5.66. The topological polar surface area (TPSA) is 29.5 Å². The van der Waals surface area contributed by atoms with E-state index in [1.807, 2.05) is 0 Å². The Morgan fingerprint density at radius 1 is 1.50 bits per heavy atom. The van der Waals surface area contributed by atoms with Gasteiger partial charge in [-0.05, 0) is 26.7 Å². The lowest BCUT2D eigenvalue weighted by atomic mass is 9.63. The van der Waals surface area contributed by atoms with Crippen molar-refractivity contribution >= 4 is 0 Å². The first kappa shape index (κ1) is 6.62. The van der Waals surface area contributed by atoms with Crippen LogP contribution in [-0.4, -0.2) is 23.4 Å². The number of ether oxygens (including phenoxy) is 1. The minimum atomic E-state index is -0.0770. The summed E-state index contributed by atoms with van der Waals surface area (Å²) in [5.41, 5.74) is 0.0318. The van der Waals surface area contributed by atoms with Gasteiger partial charge in [0.1, 0.15) is 0 Å². The van der Waals surface area contributed by atoms with Crippen molar-refractivity contribution in [2.75, 3.05) is 6.61 Å². The molecule has 1 N–H and O–H groups in total. The first-order chi connectivity index (χ1) is 4.60. The van der Waals surface area contributed by atoms with Crippen LogP contribution in [0.15, 0.2) is 0 Å². The largest absolute Gasteiger partial charge is 0.396 e. The van der Waals surface area contributed by atoms with Crippen molar-refractivity contribution in [3.8, 4) is 0 Å². The SMILES string of the molecule is CC1(C)OC2CC1(CO)C2. The van der Waals surface area contributed by atoms with Crippen LogP contribution in [0.5, 0.6) is 0 Å². The normalized spacial score (nSPS) is 48.9. The fourth-order valence-corrected chi connectivity index (χ4v) is 2.25. The van der Waals surface area contributed by atoms with Gasteiger partial charge in [0.25, 0.3) is 0 Å². The Morgan fingerprint density at radius 2 is 2.10 bits per heavy atom. The third-order valence-electron chi connectivity index (χ3n) is 3.28. The van der Waals surface area contributed by atoms with Crippen LogP contribution in [0.3, 0.4) is 0 Å². The smallest absolute Gasteiger partial charge is 0.0710 e. The van der Waals surface area contributed by atoms with Crippen molar-refractivity contribution < 1.29 is 9.84 Å². The van der Waals surface area contributed by atoms with Crippen LogP contribution in [0, 0.1) is 5.41 Å². The van der Waals surface area contributed by atoms with Crippen molar-refractivity contribution in [3.63, 3.8) is 0 Å². The highest BCUT2D eigenvalue weighted by Gasteiger charge is 2.62. The van der Waals surface area contributed by atoms with E-state index in [-0.39, 0.29) is 17.6 Å². The summed E-state index contributed by atoms with van der Waals surface area (Å²) in [7, 11) is 0. The number of hydrogen-bond acceptors (Lipinski definition) is 2. The number of aliphatic hydroxyl groups is 1. The Kier molecular flexibility index (Phi) is 1.03. The number of aliphatic hydroxyl groups excluding tert-OH is 1. The molecule has 58 valence electrons. The number of rotatable bonds is 1. The lowest BCUT2D eigenvalue weighted by Gasteiger charge is -2.39. The molecule has 2 heterocycles. The van der Waals surface area contributed by atoms with Gasteiger partial charge in [0.05, 0.1) is 18.3 Å². The summed E-state index contributed by atoms with van der Waals surface area (Å²) in [5, 5.41) is 9.12. The minimum Gasteiger partial charge on any atom is -0.396 e. The van der Waals surface area contributed by atoms with Gasteiger partial charge in [0.2, 0.25) is 0 Å². The Bertz CT molecular complexity index is 157. The molecule has 2 bridgehead atoms. The van der Waals surface area contributed by atoms with E-state index in [9.17, 15) is 0 Å². The lowest BCUT2D eigenvalue weighted by Crippen LogP contribution is -2.44. The van der Waals surface area contributed by atoms with Crippen molar-refractivity contribution in [2.24, 2.45) is 5.41 Å². The summed E-state index contributed by atoms with van der Waals surface area (Å²) in [6.07, 6.45) is 2.58. The fraction of sp³-hybridized carbons (Fsp3) is 1.00. The van der Waals surface area contributed by atoms with E-state index in [0.717, 1.165) is 12.8 Å². The molecule has 0 amide bonds. The molecular weight excluding hydrogens is 128 g/mol. The van der Waals surface area contributed by atoms with Gasteiger partial charge in [0, 0.05) is 5.41 Å². The monoisotopic (exact) mass is 142 g/mol. The van der Waals surface area contributed by atoms with Crippen molar-refractivity contribution in [1.82, 2.24) is 0 Å². The molecule has 3 rings (SSSR count). The van der Waals surface area contributed by atoms with Crippen LogP contribution < -0.4 is 0 Å². The van der Waals surface area contributed by atoms with Gasteiger partial charge >= 0.3 is 0 Å². The summed E-state index contributed by atoms with van der Waals surface area (Å²) in [4.78, 5) is 0. The Labute approximate surface area is 61.2 Å². The molecule has 2 heteroatoms. The van der Waals surface area contributed by atoms with Gasteiger partial charge in [-0.15, -0.1) is 0 Å². The van der Waals surface area contributed by atoms with Crippen LogP contribution in [0.4, 0.5) is 0 Å². The van der Waals surface area contributed by atoms with E-state index >= 15 is 0 Å². The molecule has 1 aliphatic carbocycles. The molecule has 3 fully saturated rings. The van der Waals surface area contributed by atoms with E-state index in [1.54, 1.807) is 0 Å². The first-order valence-electron chi connectivity index (χ1n) is 3.88. The molecule has 0 aromatic heterocycles. The first-order valence-corrected chi connectivity index (χ1v) is 3.88. The minimum absolute atomic E-state index is 0.0770. The summed E-state index contributed by atoms with van der Waals surface area (Å²) in [6.45, 7) is 4.45. The predicted molar refractivity (Wildman–Crippen MR) is 37.7 cm³/mol. The Morgan fingerprint density at radius 3 is 2.30 bits per heavy atom. The molecule has 0 radical (unpaired) electrons. The van der Waals surface area contributed by atoms with Crippen LogP contribution in [-0.2, 0) is 4.74 Å². The maximum Gasteiger partial charge on any atom is 0.0710 e. The van der Waals surface area contributed by atoms with Gasteiger partial charge < -0.3 is 9.84 Å². The second-order valence-electron chi connectivity index (χ2n) is 4.10. The molecule has 0 aromatic carbocycles. The Balaban J connectivity index is 2.25. The zero-order valence-corrected chi connectivity index (χ0v) is 6.55. The van der Waals surface area contributed by atoms with Crippen LogP contribution in [0.2, 0.25) is 0 Å². The van der Waals surface area contributed by atoms with Crippen LogP contribution in [0.25, 0.3) is 0 Å². The van der Waals surface area contributed by atoms with E-state index in [4.69, 9.17) is 9.84 Å². The molecule has 1 saturated carbocycles. The summed E-state index contributed by atoms with van der Waals surface area (Å²) in [5.74, 6) is 0. The number of hydrogen-bond donors (Lipinski definition) is 1. The Hall–Kier alpha value is -0.0800. The highest BCUT2D eigenvalue weighted by atomic mass is 16.5. The highest BCUT2D eigenvalue weighted by Crippen LogP contribution is 2.59. The third-order valence-corrected chi connectivity index (χ3v) is 3.28. The molecule has 0 atom stereocenters. The third kappa shape index (κ3) is 0.523. The van der Waals surface area contributed by atoms with E-state index in [2.05, 4.69) is 13.8 Å². The van der Waals surface area contributed by atoms with Crippen LogP contribution in [0.1, 0.15) is 26.7 Å². The zero-order chi connectivity index (χ0) is 7.41. The van der Waals surface area contributed by atoms with E-state index < -0.39 is 0 Å². The van der Waals surface area contributed by atoms with Gasteiger partial charge in [-0.25, -0.2) is 0 Å².